The number of ether oxygens (including phenoxy) is 1. The fraction of sp³-hybridized carbons (Fsp3) is 0.667. The molecule has 3 N–H and O–H groups in total. The Labute approximate surface area is 140 Å². The van der Waals surface area contributed by atoms with E-state index in [1.807, 2.05) is 27.7 Å². The zero-order valence-electron chi connectivity index (χ0n) is 14.0. The number of carbonyl (C=O) groups is 1. The van der Waals surface area contributed by atoms with Gasteiger partial charge in [0.05, 0.1) is 0 Å². The van der Waals surface area contributed by atoms with Crippen LogP contribution in [-0.2, 0) is 17.7 Å². The van der Waals surface area contributed by atoms with Crippen LogP contribution < -0.4 is 10.9 Å². The monoisotopic (exact) mass is 340 g/mol. The molecule has 128 valence electrons. The Bertz CT molecular complexity index is 689. The van der Waals surface area contributed by atoms with Crippen molar-refractivity contribution in [3.8, 4) is 0 Å². The van der Waals surface area contributed by atoms with Gasteiger partial charge in [-0.1, -0.05) is 0 Å². The number of hydrogen-bond acceptors (Lipinski definition) is 5. The lowest BCUT2D eigenvalue weighted by molar-refractivity contribution is 0.0495. The van der Waals surface area contributed by atoms with Gasteiger partial charge in [0.2, 0.25) is 0 Å². The second kappa shape index (κ2) is 6.84. The van der Waals surface area contributed by atoms with E-state index in [4.69, 9.17) is 17.0 Å². The van der Waals surface area contributed by atoms with Gasteiger partial charge in [-0.2, -0.15) is 0 Å². The minimum Gasteiger partial charge on any atom is -0.444 e. The van der Waals surface area contributed by atoms with Gasteiger partial charge in [0, 0.05) is 36.9 Å². The Hall–Kier alpha value is -1.67. The Morgan fingerprint density at radius 3 is 2.78 bits per heavy atom. The van der Waals surface area contributed by atoms with Gasteiger partial charge in [-0.15, -0.1) is 0 Å². The molecule has 0 bridgehead atoms. The van der Waals surface area contributed by atoms with E-state index in [9.17, 15) is 9.59 Å². The molecule has 1 amide bonds. The maximum absolute atomic E-state index is 11.9. The van der Waals surface area contributed by atoms with Crippen molar-refractivity contribution in [1.29, 1.82) is 0 Å². The van der Waals surface area contributed by atoms with Gasteiger partial charge in [0.1, 0.15) is 5.60 Å². The van der Waals surface area contributed by atoms with E-state index in [0.717, 1.165) is 17.8 Å². The first-order valence-electron chi connectivity index (χ1n) is 7.70. The van der Waals surface area contributed by atoms with E-state index in [1.165, 1.54) is 0 Å². The Morgan fingerprint density at radius 1 is 1.43 bits per heavy atom. The fourth-order valence-electron chi connectivity index (χ4n) is 2.63. The number of amides is 1. The van der Waals surface area contributed by atoms with Crippen LogP contribution in [0.3, 0.4) is 0 Å². The van der Waals surface area contributed by atoms with Crippen molar-refractivity contribution in [2.24, 2.45) is 0 Å². The summed E-state index contributed by atoms with van der Waals surface area (Å²) >= 11 is 5.02. The Kier molecular flexibility index (Phi) is 5.26. The molecule has 1 aliphatic heterocycles. The van der Waals surface area contributed by atoms with Crippen LogP contribution in [-0.4, -0.2) is 45.7 Å². The highest BCUT2D eigenvalue weighted by Gasteiger charge is 2.22. The molecular formula is C15H24N4O3S. The summed E-state index contributed by atoms with van der Waals surface area (Å²) in [6.07, 6.45) is 0.244. The molecule has 0 radical (unpaired) electrons. The van der Waals surface area contributed by atoms with Crippen LogP contribution in [0.2, 0.25) is 0 Å². The van der Waals surface area contributed by atoms with Crippen LogP contribution in [0.5, 0.6) is 0 Å². The van der Waals surface area contributed by atoms with Crippen LogP contribution >= 0.6 is 12.2 Å². The topological polar surface area (TPSA) is 90.2 Å². The summed E-state index contributed by atoms with van der Waals surface area (Å²) in [6, 6.07) is -0.0589. The van der Waals surface area contributed by atoms with E-state index in [2.05, 4.69) is 20.2 Å². The summed E-state index contributed by atoms with van der Waals surface area (Å²) in [5, 5.41) is 2.83. The molecule has 0 aromatic carbocycles. The molecule has 0 spiro atoms. The third-order valence-electron chi connectivity index (χ3n) is 3.48. The standard InChI is InChI=1S/C15H24N4O3S/c1-9(16-14(21)22-15(2,3)4)7-19-6-5-10-11(8-19)17-13(23)18-12(10)20/h9H,5-8H2,1-4H3,(H,16,21)(H2,17,18,20,23). The zero-order chi connectivity index (χ0) is 17.2. The first kappa shape index (κ1) is 17.7. The summed E-state index contributed by atoms with van der Waals surface area (Å²) in [6.45, 7) is 9.48. The quantitative estimate of drug-likeness (QED) is 0.729. The van der Waals surface area contributed by atoms with Crippen LogP contribution in [0, 0.1) is 4.77 Å². The summed E-state index contributed by atoms with van der Waals surface area (Å²) in [7, 11) is 0. The van der Waals surface area contributed by atoms with E-state index >= 15 is 0 Å². The summed E-state index contributed by atoms with van der Waals surface area (Å²) in [5.74, 6) is 0. The van der Waals surface area contributed by atoms with Gasteiger partial charge >= 0.3 is 6.09 Å². The predicted octanol–water partition coefficient (Wildman–Crippen LogP) is 1.70. The summed E-state index contributed by atoms with van der Waals surface area (Å²) in [4.78, 5) is 31.5. The highest BCUT2D eigenvalue weighted by atomic mass is 32.1. The molecule has 1 atom stereocenters. The number of rotatable bonds is 3. The molecule has 0 fully saturated rings. The number of hydrogen-bond donors (Lipinski definition) is 3. The molecule has 23 heavy (non-hydrogen) atoms. The molecule has 0 saturated carbocycles. The van der Waals surface area contributed by atoms with E-state index in [0.29, 0.717) is 24.3 Å². The number of aromatic nitrogens is 2. The highest BCUT2D eigenvalue weighted by molar-refractivity contribution is 7.71. The molecule has 1 unspecified atom stereocenters. The van der Waals surface area contributed by atoms with Crippen LogP contribution in [0.4, 0.5) is 4.79 Å². The number of H-pyrrole nitrogens is 2. The van der Waals surface area contributed by atoms with Gasteiger partial charge in [-0.05, 0) is 46.3 Å². The van der Waals surface area contributed by atoms with Crippen molar-refractivity contribution >= 4 is 18.3 Å². The Morgan fingerprint density at radius 2 is 2.13 bits per heavy atom. The lowest BCUT2D eigenvalue weighted by Crippen LogP contribution is -2.46. The average Bonchev–Trinajstić information content (AvgIpc) is 2.34. The normalized spacial score (nSPS) is 16.5. The number of fused-ring (bicyclic) bond motifs is 1. The van der Waals surface area contributed by atoms with E-state index < -0.39 is 11.7 Å². The smallest absolute Gasteiger partial charge is 0.407 e. The molecule has 0 saturated heterocycles. The molecular weight excluding hydrogens is 316 g/mol. The van der Waals surface area contributed by atoms with Crippen LogP contribution in [0.25, 0.3) is 0 Å². The maximum Gasteiger partial charge on any atom is 0.407 e. The molecule has 2 heterocycles. The molecule has 0 aliphatic carbocycles. The molecule has 8 heteroatoms. The fourth-order valence-corrected chi connectivity index (χ4v) is 2.84. The third kappa shape index (κ3) is 5.18. The first-order valence-corrected chi connectivity index (χ1v) is 8.11. The minimum atomic E-state index is -0.510. The highest BCUT2D eigenvalue weighted by Crippen LogP contribution is 2.13. The minimum absolute atomic E-state index is 0.0589. The molecule has 1 aromatic rings. The molecule has 1 aromatic heterocycles. The number of aromatic amines is 2. The molecule has 2 rings (SSSR count). The third-order valence-corrected chi connectivity index (χ3v) is 3.69. The van der Waals surface area contributed by atoms with Crippen molar-refractivity contribution < 1.29 is 9.53 Å². The molecule has 7 nitrogen and oxygen atoms in total. The SMILES string of the molecule is CC(CN1CCc2c([nH]c(=S)[nH]c2=O)C1)NC(=O)OC(C)(C)C. The largest absolute Gasteiger partial charge is 0.444 e. The van der Waals surface area contributed by atoms with Gasteiger partial charge in [-0.3, -0.25) is 14.7 Å². The van der Waals surface area contributed by atoms with Crippen molar-refractivity contribution in [2.75, 3.05) is 13.1 Å². The maximum atomic E-state index is 11.9. The predicted molar refractivity (Wildman–Crippen MR) is 90.1 cm³/mol. The van der Waals surface area contributed by atoms with Gasteiger partial charge < -0.3 is 15.0 Å². The van der Waals surface area contributed by atoms with Crippen molar-refractivity contribution in [3.05, 3.63) is 26.4 Å². The first-order chi connectivity index (χ1) is 10.6. The van der Waals surface area contributed by atoms with Crippen LogP contribution in [0.15, 0.2) is 4.79 Å². The summed E-state index contributed by atoms with van der Waals surface area (Å²) in [5.41, 5.74) is 1.00. The second-order valence-corrected chi connectivity index (χ2v) is 7.31. The van der Waals surface area contributed by atoms with Crippen LogP contribution in [0.1, 0.15) is 39.0 Å². The number of nitrogens with zero attached hydrogens (tertiary/aromatic N) is 1. The van der Waals surface area contributed by atoms with Crippen molar-refractivity contribution in [3.63, 3.8) is 0 Å². The number of nitrogens with one attached hydrogen (secondary N) is 3. The van der Waals surface area contributed by atoms with Gasteiger partial charge in [0.25, 0.3) is 5.56 Å². The number of alkyl carbamates (subject to hydrolysis) is 1. The van der Waals surface area contributed by atoms with Gasteiger partial charge in [0.15, 0.2) is 4.77 Å². The van der Waals surface area contributed by atoms with E-state index in [-0.39, 0.29) is 11.6 Å². The second-order valence-electron chi connectivity index (χ2n) is 6.90. The Balaban J connectivity index is 1.93. The van der Waals surface area contributed by atoms with Gasteiger partial charge in [-0.25, -0.2) is 4.79 Å². The van der Waals surface area contributed by atoms with Crippen molar-refractivity contribution in [2.45, 2.75) is 52.3 Å². The van der Waals surface area contributed by atoms with E-state index in [1.54, 1.807) is 0 Å². The lowest BCUT2D eigenvalue weighted by atomic mass is 10.1. The zero-order valence-corrected chi connectivity index (χ0v) is 14.8. The van der Waals surface area contributed by atoms with Crippen molar-refractivity contribution in [1.82, 2.24) is 20.2 Å². The lowest BCUT2D eigenvalue weighted by Gasteiger charge is -2.30. The number of carbonyl (C=O) groups excluding carboxylic acids is 1. The summed E-state index contributed by atoms with van der Waals surface area (Å²) < 4.78 is 5.59. The average molecular weight is 340 g/mol. The molecule has 1 aliphatic rings.